The third-order valence-corrected chi connectivity index (χ3v) is 10.3. The zero-order valence-corrected chi connectivity index (χ0v) is 20.5. The Balaban J connectivity index is 1.62. The van der Waals surface area contributed by atoms with Crippen LogP contribution >= 0.6 is 0 Å². The zero-order valence-electron chi connectivity index (χ0n) is 20.5. The quantitative estimate of drug-likeness (QED) is 0.418. The smallest absolute Gasteiger partial charge is 0.133 e. The Morgan fingerprint density at radius 3 is 2.29 bits per heavy atom. The minimum atomic E-state index is -0.171. The standard InChI is InChI=1S/C28H44O3/c1-16(2)17(3)25(30)26(31)18(4)22-9-10-23-21-8-7-19-15-20(29)11-13-27(19,5)24(21)12-14-28(22,23)6/h7-8,16-18,20,22-24,29-31H,9-15H2,1-6H3/b26-25+/t17-,18+,20+,22-,23+,24+,27+,28-/m1/s1. The SMILES string of the molecule is CC(C)[C@@H](C)/C(O)=C(\O)[C@@H](C)[C@H]1CC[C@H]2C3=CC=C4C[C@@H](O)CC[C@]4(C)[C@H]3CC[C@]12C. The third-order valence-electron chi connectivity index (χ3n) is 10.3. The van der Waals surface area contributed by atoms with Gasteiger partial charge in [-0.2, -0.15) is 0 Å². The van der Waals surface area contributed by atoms with E-state index < -0.39 is 0 Å². The number of hydrogen-bond acceptors (Lipinski definition) is 3. The maximum absolute atomic E-state index is 11.0. The highest BCUT2D eigenvalue weighted by Crippen LogP contribution is 2.66. The van der Waals surface area contributed by atoms with Crippen molar-refractivity contribution in [2.75, 3.05) is 0 Å². The Kier molecular flexibility index (Phi) is 5.90. The minimum Gasteiger partial charge on any atom is -0.509 e. The molecule has 0 radical (unpaired) electrons. The maximum atomic E-state index is 11.0. The van der Waals surface area contributed by atoms with Gasteiger partial charge in [-0.1, -0.05) is 64.8 Å². The van der Waals surface area contributed by atoms with Crippen molar-refractivity contribution in [2.45, 2.75) is 92.6 Å². The molecule has 3 nitrogen and oxygen atoms in total. The molecule has 0 bridgehead atoms. The van der Waals surface area contributed by atoms with E-state index in [1.165, 1.54) is 24.8 Å². The summed E-state index contributed by atoms with van der Waals surface area (Å²) in [6.07, 6.45) is 12.1. The van der Waals surface area contributed by atoms with E-state index in [1.807, 2.05) is 6.92 Å². The minimum absolute atomic E-state index is 0.0107. The van der Waals surface area contributed by atoms with Crippen LogP contribution in [0.3, 0.4) is 0 Å². The summed E-state index contributed by atoms with van der Waals surface area (Å²) >= 11 is 0. The van der Waals surface area contributed by atoms with Crippen LogP contribution in [0.15, 0.2) is 34.8 Å². The van der Waals surface area contributed by atoms with Crippen molar-refractivity contribution in [3.63, 3.8) is 0 Å². The molecule has 4 aliphatic rings. The summed E-state index contributed by atoms with van der Waals surface area (Å²) in [7, 11) is 0. The summed E-state index contributed by atoms with van der Waals surface area (Å²) in [4.78, 5) is 0. The van der Waals surface area contributed by atoms with Crippen LogP contribution < -0.4 is 0 Å². The van der Waals surface area contributed by atoms with E-state index in [0.717, 1.165) is 25.7 Å². The van der Waals surface area contributed by atoms with Crippen LogP contribution in [-0.4, -0.2) is 21.4 Å². The molecule has 3 heteroatoms. The van der Waals surface area contributed by atoms with Gasteiger partial charge >= 0.3 is 0 Å². The lowest BCUT2D eigenvalue weighted by Crippen LogP contribution is -2.46. The summed E-state index contributed by atoms with van der Waals surface area (Å²) in [5.41, 5.74) is 3.47. The second-order valence-corrected chi connectivity index (χ2v) is 12.1. The zero-order chi connectivity index (χ0) is 22.7. The molecule has 0 unspecified atom stereocenters. The largest absolute Gasteiger partial charge is 0.509 e. The molecule has 8 atom stereocenters. The molecule has 4 rings (SSSR count). The van der Waals surface area contributed by atoms with Gasteiger partial charge in [-0.25, -0.2) is 0 Å². The molecular formula is C28H44O3. The van der Waals surface area contributed by atoms with Crippen LogP contribution in [0.1, 0.15) is 86.5 Å². The van der Waals surface area contributed by atoms with Crippen LogP contribution in [0.5, 0.6) is 0 Å². The molecule has 0 aliphatic heterocycles. The van der Waals surface area contributed by atoms with Crippen molar-refractivity contribution in [3.8, 4) is 0 Å². The Morgan fingerprint density at radius 2 is 1.61 bits per heavy atom. The first-order valence-corrected chi connectivity index (χ1v) is 12.7. The molecule has 0 aromatic carbocycles. The van der Waals surface area contributed by atoms with Crippen molar-refractivity contribution in [1.29, 1.82) is 0 Å². The van der Waals surface area contributed by atoms with Crippen molar-refractivity contribution in [3.05, 3.63) is 34.8 Å². The molecular weight excluding hydrogens is 384 g/mol. The van der Waals surface area contributed by atoms with E-state index in [1.54, 1.807) is 5.57 Å². The Hall–Kier alpha value is -1.22. The fraction of sp³-hybridized carbons (Fsp3) is 0.786. The van der Waals surface area contributed by atoms with Crippen molar-refractivity contribution in [2.24, 2.45) is 46.3 Å². The van der Waals surface area contributed by atoms with Gasteiger partial charge in [0.2, 0.25) is 0 Å². The molecule has 4 aliphatic carbocycles. The van der Waals surface area contributed by atoms with Gasteiger partial charge in [-0.3, -0.25) is 0 Å². The lowest BCUT2D eigenvalue weighted by molar-refractivity contribution is 0.0316. The van der Waals surface area contributed by atoms with Gasteiger partial charge in [0.15, 0.2) is 0 Å². The van der Waals surface area contributed by atoms with Crippen molar-refractivity contribution < 1.29 is 15.3 Å². The van der Waals surface area contributed by atoms with E-state index in [9.17, 15) is 15.3 Å². The second-order valence-electron chi connectivity index (χ2n) is 12.1. The van der Waals surface area contributed by atoms with Gasteiger partial charge in [0.1, 0.15) is 11.5 Å². The van der Waals surface area contributed by atoms with Gasteiger partial charge < -0.3 is 15.3 Å². The van der Waals surface area contributed by atoms with Crippen LogP contribution in [0.4, 0.5) is 0 Å². The predicted octanol–water partition coefficient (Wildman–Crippen LogP) is 7.10. The highest BCUT2D eigenvalue weighted by atomic mass is 16.3. The molecule has 174 valence electrons. The number of hydrogen-bond donors (Lipinski definition) is 3. The van der Waals surface area contributed by atoms with Gasteiger partial charge in [0.25, 0.3) is 0 Å². The molecule has 0 aromatic heterocycles. The number of aliphatic hydroxyl groups excluding tert-OH is 3. The van der Waals surface area contributed by atoms with E-state index in [0.29, 0.717) is 23.7 Å². The first-order valence-electron chi connectivity index (χ1n) is 12.7. The highest BCUT2D eigenvalue weighted by Gasteiger charge is 2.57. The molecule has 0 heterocycles. The number of allylic oxidation sites excluding steroid dienone is 5. The topological polar surface area (TPSA) is 60.7 Å². The first-order chi connectivity index (χ1) is 14.5. The highest BCUT2D eigenvalue weighted by molar-refractivity contribution is 5.39. The lowest BCUT2D eigenvalue weighted by Gasteiger charge is -2.55. The molecule has 0 spiro atoms. The van der Waals surface area contributed by atoms with E-state index in [-0.39, 0.29) is 40.3 Å². The van der Waals surface area contributed by atoms with Crippen LogP contribution in [0, 0.1) is 46.3 Å². The van der Waals surface area contributed by atoms with E-state index in [4.69, 9.17) is 0 Å². The summed E-state index contributed by atoms with van der Waals surface area (Å²) in [6.45, 7) is 13.2. The van der Waals surface area contributed by atoms with Crippen LogP contribution in [0.25, 0.3) is 0 Å². The monoisotopic (exact) mass is 428 g/mol. The fourth-order valence-corrected chi connectivity index (χ4v) is 7.82. The second kappa shape index (κ2) is 7.97. The fourth-order valence-electron chi connectivity index (χ4n) is 7.82. The Bertz CT molecular complexity index is 805. The maximum Gasteiger partial charge on any atom is 0.133 e. The molecule has 3 saturated carbocycles. The molecule has 31 heavy (non-hydrogen) atoms. The van der Waals surface area contributed by atoms with Gasteiger partial charge in [-0.15, -0.1) is 0 Å². The van der Waals surface area contributed by atoms with E-state index in [2.05, 4.69) is 46.8 Å². The number of fused-ring (bicyclic) bond motifs is 5. The molecule has 0 aromatic rings. The Morgan fingerprint density at radius 1 is 0.903 bits per heavy atom. The van der Waals surface area contributed by atoms with Crippen LogP contribution in [-0.2, 0) is 0 Å². The summed E-state index contributed by atoms with van der Waals surface area (Å²) in [6, 6.07) is 0. The number of aliphatic hydroxyl groups is 3. The molecule has 0 amide bonds. The normalized spacial score (nSPS) is 42.6. The summed E-state index contributed by atoms with van der Waals surface area (Å²) in [5, 5.41) is 31.9. The molecule has 3 fully saturated rings. The Labute approximate surface area is 189 Å². The van der Waals surface area contributed by atoms with Crippen molar-refractivity contribution >= 4 is 0 Å². The van der Waals surface area contributed by atoms with Gasteiger partial charge in [0, 0.05) is 11.8 Å². The third kappa shape index (κ3) is 3.50. The average molecular weight is 429 g/mol. The summed E-state index contributed by atoms with van der Waals surface area (Å²) < 4.78 is 0. The summed E-state index contributed by atoms with van der Waals surface area (Å²) in [5.74, 6) is 2.26. The first kappa shape index (κ1) is 23.0. The van der Waals surface area contributed by atoms with Gasteiger partial charge in [-0.05, 0) is 79.4 Å². The predicted molar refractivity (Wildman–Crippen MR) is 127 cm³/mol. The lowest BCUT2D eigenvalue weighted by atomic mass is 9.50. The van der Waals surface area contributed by atoms with Crippen molar-refractivity contribution in [1.82, 2.24) is 0 Å². The van der Waals surface area contributed by atoms with E-state index >= 15 is 0 Å². The number of rotatable bonds is 4. The molecule has 0 saturated heterocycles. The average Bonchev–Trinajstić information content (AvgIpc) is 3.09. The van der Waals surface area contributed by atoms with Gasteiger partial charge in [0.05, 0.1) is 6.10 Å². The van der Waals surface area contributed by atoms with Crippen LogP contribution in [0.2, 0.25) is 0 Å². The molecule has 3 N–H and O–H groups in total.